The predicted molar refractivity (Wildman–Crippen MR) is 98.5 cm³/mol. The lowest BCUT2D eigenvalue weighted by Gasteiger charge is -2.30. The van der Waals surface area contributed by atoms with E-state index in [1.165, 1.54) is 26.2 Å². The van der Waals surface area contributed by atoms with Crippen molar-refractivity contribution in [2.24, 2.45) is 0 Å². The molecule has 1 atom stereocenters. The third kappa shape index (κ3) is 3.80. The normalized spacial score (nSPS) is 12.5. The molecule has 0 saturated carbocycles. The number of esters is 1. The largest absolute Gasteiger partial charge is 0.467 e. The molecule has 2 rings (SSSR count). The Balaban J connectivity index is 2.68. The summed E-state index contributed by atoms with van der Waals surface area (Å²) >= 11 is 6.16. The zero-order valence-corrected chi connectivity index (χ0v) is 16.1. The number of sulfonamides is 1. The van der Waals surface area contributed by atoms with Gasteiger partial charge in [0.2, 0.25) is 0 Å². The van der Waals surface area contributed by atoms with E-state index in [1.807, 2.05) is 6.92 Å². The van der Waals surface area contributed by atoms with Gasteiger partial charge in [0.1, 0.15) is 6.04 Å². The molecular weight excluding hydrogens is 362 g/mol. The zero-order chi connectivity index (χ0) is 18.8. The summed E-state index contributed by atoms with van der Waals surface area (Å²) in [6.45, 7) is 5.06. The highest BCUT2D eigenvalue weighted by atomic mass is 35.5. The van der Waals surface area contributed by atoms with Crippen molar-refractivity contribution in [2.75, 3.05) is 11.4 Å². The highest BCUT2D eigenvalue weighted by molar-refractivity contribution is 7.93. The number of ether oxygens (including phenoxy) is 1. The lowest BCUT2D eigenvalue weighted by atomic mass is 10.2. The highest BCUT2D eigenvalue weighted by Gasteiger charge is 2.35. The minimum Gasteiger partial charge on any atom is -0.467 e. The first-order chi connectivity index (χ1) is 11.7. The Labute approximate surface area is 153 Å². The summed E-state index contributed by atoms with van der Waals surface area (Å²) in [6, 6.07) is 10.3. The fraction of sp³-hybridized carbons (Fsp3) is 0.278. The van der Waals surface area contributed by atoms with Crippen molar-refractivity contribution in [3.8, 4) is 0 Å². The fourth-order valence-corrected chi connectivity index (χ4v) is 4.31. The van der Waals surface area contributed by atoms with Gasteiger partial charge in [0.05, 0.1) is 17.7 Å². The van der Waals surface area contributed by atoms with Crippen LogP contribution in [0.3, 0.4) is 0 Å². The zero-order valence-electron chi connectivity index (χ0n) is 14.5. The summed E-state index contributed by atoms with van der Waals surface area (Å²) in [5.74, 6) is -0.657. The first kappa shape index (κ1) is 19.3. The van der Waals surface area contributed by atoms with Crippen molar-refractivity contribution in [2.45, 2.75) is 31.7 Å². The van der Waals surface area contributed by atoms with Gasteiger partial charge < -0.3 is 4.74 Å². The van der Waals surface area contributed by atoms with Gasteiger partial charge >= 0.3 is 5.97 Å². The second-order valence-corrected chi connectivity index (χ2v) is 7.92. The van der Waals surface area contributed by atoms with Gasteiger partial charge in [-0.25, -0.2) is 13.2 Å². The smallest absolute Gasteiger partial charge is 0.329 e. The minimum absolute atomic E-state index is 0.0910. The summed E-state index contributed by atoms with van der Waals surface area (Å²) in [4.78, 5) is 12.2. The lowest BCUT2D eigenvalue weighted by molar-refractivity contribution is -0.141. The molecule has 25 heavy (non-hydrogen) atoms. The summed E-state index contributed by atoms with van der Waals surface area (Å²) in [7, 11) is -2.77. The van der Waals surface area contributed by atoms with Gasteiger partial charge in [-0.3, -0.25) is 4.31 Å². The topological polar surface area (TPSA) is 63.7 Å². The Kier molecular flexibility index (Phi) is 5.75. The third-order valence-corrected chi connectivity index (χ3v) is 6.26. The Morgan fingerprint density at radius 3 is 2.28 bits per heavy atom. The van der Waals surface area contributed by atoms with Gasteiger partial charge in [-0.1, -0.05) is 35.4 Å². The van der Waals surface area contributed by atoms with Crippen molar-refractivity contribution in [3.63, 3.8) is 0 Å². The van der Waals surface area contributed by atoms with E-state index in [2.05, 4.69) is 0 Å². The van der Waals surface area contributed by atoms with E-state index < -0.39 is 22.0 Å². The number of nitrogens with zero attached hydrogens (tertiary/aromatic N) is 1. The van der Waals surface area contributed by atoms with Crippen LogP contribution in [0.5, 0.6) is 0 Å². The predicted octanol–water partition coefficient (Wildman–Crippen LogP) is 3.71. The quantitative estimate of drug-likeness (QED) is 0.740. The van der Waals surface area contributed by atoms with E-state index in [4.69, 9.17) is 16.3 Å². The summed E-state index contributed by atoms with van der Waals surface area (Å²) in [5, 5.41) is 0.415. The van der Waals surface area contributed by atoms with E-state index in [0.29, 0.717) is 16.3 Å². The molecule has 0 aromatic heterocycles. The molecule has 2 aromatic rings. The molecule has 0 unspecified atom stereocenters. The Hall–Kier alpha value is -2.05. The number of benzene rings is 2. The molecule has 0 amide bonds. The number of hydrogen-bond acceptors (Lipinski definition) is 4. The van der Waals surface area contributed by atoms with E-state index in [1.54, 1.807) is 37.3 Å². The van der Waals surface area contributed by atoms with Gasteiger partial charge in [-0.15, -0.1) is 0 Å². The lowest BCUT2D eigenvalue weighted by Crippen LogP contribution is -2.44. The van der Waals surface area contributed by atoms with Crippen molar-refractivity contribution < 1.29 is 17.9 Å². The van der Waals surface area contributed by atoms with Crippen LogP contribution in [0.25, 0.3) is 0 Å². The molecular formula is C18H20ClNO4S. The molecule has 134 valence electrons. The number of anilines is 1. The maximum atomic E-state index is 13.2. The first-order valence-electron chi connectivity index (χ1n) is 7.64. The van der Waals surface area contributed by atoms with Crippen LogP contribution in [0.15, 0.2) is 47.4 Å². The molecule has 0 radical (unpaired) electrons. The SMILES string of the molecule is COC(=O)[C@H](C)N(c1cccc(Cl)c1C)S(=O)(=O)c1ccc(C)cc1. The maximum Gasteiger partial charge on any atom is 0.329 e. The maximum absolute atomic E-state index is 13.2. The average molecular weight is 382 g/mol. The van der Waals surface area contributed by atoms with Crippen LogP contribution in [0.2, 0.25) is 5.02 Å². The number of carbonyl (C=O) groups excluding carboxylic acids is 1. The van der Waals surface area contributed by atoms with Crippen LogP contribution < -0.4 is 4.31 Å². The molecule has 0 fully saturated rings. The van der Waals surface area contributed by atoms with Crippen LogP contribution in [-0.4, -0.2) is 27.5 Å². The van der Waals surface area contributed by atoms with Gasteiger partial charge in [0.15, 0.2) is 0 Å². The number of methoxy groups -OCH3 is 1. The molecule has 0 spiro atoms. The second-order valence-electron chi connectivity index (χ2n) is 5.70. The Bertz CT molecular complexity index is 878. The van der Waals surface area contributed by atoms with Crippen molar-refractivity contribution in [1.82, 2.24) is 0 Å². The highest BCUT2D eigenvalue weighted by Crippen LogP contribution is 2.32. The molecule has 0 bridgehead atoms. The second kappa shape index (κ2) is 7.45. The van der Waals surface area contributed by atoms with Gasteiger partial charge in [0, 0.05) is 5.02 Å². The Morgan fingerprint density at radius 2 is 1.72 bits per heavy atom. The molecule has 0 aliphatic rings. The van der Waals surface area contributed by atoms with Crippen molar-refractivity contribution in [3.05, 3.63) is 58.6 Å². The summed E-state index contributed by atoms with van der Waals surface area (Å²) in [6.07, 6.45) is 0. The van der Waals surface area contributed by atoms with Gasteiger partial charge in [0.25, 0.3) is 10.0 Å². The van der Waals surface area contributed by atoms with E-state index >= 15 is 0 Å². The van der Waals surface area contributed by atoms with Gasteiger partial charge in [-0.05, 0) is 50.6 Å². The number of aryl methyl sites for hydroxylation is 1. The molecule has 5 nitrogen and oxygen atoms in total. The van der Waals surface area contributed by atoms with Crippen LogP contribution in [0.4, 0.5) is 5.69 Å². The van der Waals surface area contributed by atoms with Crippen molar-refractivity contribution >= 4 is 33.3 Å². The molecule has 0 N–H and O–H groups in total. The monoisotopic (exact) mass is 381 g/mol. The fourth-order valence-electron chi connectivity index (χ4n) is 2.47. The van der Waals surface area contributed by atoms with Crippen LogP contribution in [0, 0.1) is 13.8 Å². The van der Waals surface area contributed by atoms with Gasteiger partial charge in [-0.2, -0.15) is 0 Å². The molecule has 0 aliphatic heterocycles. The average Bonchev–Trinajstić information content (AvgIpc) is 2.58. The number of hydrogen-bond donors (Lipinski definition) is 0. The van der Waals surface area contributed by atoms with Crippen LogP contribution in [-0.2, 0) is 19.6 Å². The van der Waals surface area contributed by atoms with E-state index in [0.717, 1.165) is 9.87 Å². The molecule has 0 aliphatic carbocycles. The number of carbonyl (C=O) groups is 1. The van der Waals surface area contributed by atoms with Crippen LogP contribution in [0.1, 0.15) is 18.1 Å². The molecule has 7 heteroatoms. The summed E-state index contributed by atoms with van der Waals surface area (Å²) < 4.78 is 32.3. The van der Waals surface area contributed by atoms with E-state index in [9.17, 15) is 13.2 Å². The Morgan fingerprint density at radius 1 is 1.12 bits per heavy atom. The van der Waals surface area contributed by atoms with Crippen LogP contribution >= 0.6 is 11.6 Å². The number of halogens is 1. The molecule has 2 aromatic carbocycles. The first-order valence-corrected chi connectivity index (χ1v) is 9.46. The molecule has 0 heterocycles. The number of rotatable bonds is 5. The standard InChI is InChI=1S/C18H20ClNO4S/c1-12-8-10-15(11-9-12)25(22,23)20(14(3)18(21)24-4)17-7-5-6-16(19)13(17)2/h5-11,14H,1-4H3/t14-/m0/s1. The molecule has 0 saturated heterocycles. The van der Waals surface area contributed by atoms with Crippen molar-refractivity contribution in [1.29, 1.82) is 0 Å². The minimum atomic E-state index is -3.99. The van der Waals surface area contributed by atoms with E-state index in [-0.39, 0.29) is 4.90 Å². The summed E-state index contributed by atoms with van der Waals surface area (Å²) in [5.41, 5.74) is 1.84. The third-order valence-electron chi connectivity index (χ3n) is 3.95.